The van der Waals surface area contributed by atoms with E-state index in [2.05, 4.69) is 17.6 Å². The zero-order chi connectivity index (χ0) is 13.2. The smallest absolute Gasteiger partial charge is 0.220 e. The Kier molecular flexibility index (Phi) is 4.11. The van der Waals surface area contributed by atoms with Crippen molar-refractivity contribution in [3.05, 3.63) is 0 Å². The molecule has 2 N–H and O–H groups in total. The lowest BCUT2D eigenvalue weighted by molar-refractivity contribution is -0.123. The molecule has 2 bridgehead atoms. The third-order valence-electron chi connectivity index (χ3n) is 5.76. The average molecular weight is 264 g/mol. The second-order valence-corrected chi connectivity index (χ2v) is 7.10. The van der Waals surface area contributed by atoms with Crippen molar-refractivity contribution in [1.29, 1.82) is 0 Å². The van der Waals surface area contributed by atoms with Crippen LogP contribution < -0.4 is 10.6 Å². The molecule has 5 atom stereocenters. The summed E-state index contributed by atoms with van der Waals surface area (Å²) in [7, 11) is 0. The van der Waals surface area contributed by atoms with E-state index in [1.165, 1.54) is 38.5 Å². The summed E-state index contributed by atoms with van der Waals surface area (Å²) in [5, 5.41) is 6.69. The molecule has 0 aromatic carbocycles. The quantitative estimate of drug-likeness (QED) is 0.818. The minimum atomic E-state index is 0.302. The van der Waals surface area contributed by atoms with Crippen LogP contribution in [-0.2, 0) is 4.79 Å². The van der Waals surface area contributed by atoms with Gasteiger partial charge in [0, 0.05) is 12.5 Å². The Bertz CT molecular complexity index is 325. The van der Waals surface area contributed by atoms with Gasteiger partial charge in [-0.3, -0.25) is 4.79 Å². The van der Waals surface area contributed by atoms with Gasteiger partial charge in [0.2, 0.25) is 5.91 Å². The Labute approximate surface area is 116 Å². The van der Waals surface area contributed by atoms with Crippen LogP contribution in [0.3, 0.4) is 0 Å². The van der Waals surface area contributed by atoms with Gasteiger partial charge in [0.25, 0.3) is 0 Å². The molecule has 1 aliphatic heterocycles. The van der Waals surface area contributed by atoms with Gasteiger partial charge in [0.05, 0.1) is 0 Å². The second kappa shape index (κ2) is 5.82. The fourth-order valence-corrected chi connectivity index (χ4v) is 4.60. The summed E-state index contributed by atoms with van der Waals surface area (Å²) >= 11 is 0. The molecule has 3 rings (SSSR count). The largest absolute Gasteiger partial charge is 0.353 e. The molecule has 1 saturated heterocycles. The van der Waals surface area contributed by atoms with Gasteiger partial charge in [0.15, 0.2) is 0 Å². The third-order valence-corrected chi connectivity index (χ3v) is 5.76. The zero-order valence-electron chi connectivity index (χ0n) is 12.2. The van der Waals surface area contributed by atoms with Crippen molar-refractivity contribution >= 4 is 5.91 Å². The minimum absolute atomic E-state index is 0.302. The molecule has 0 aromatic heterocycles. The van der Waals surface area contributed by atoms with Crippen LogP contribution in [0.2, 0.25) is 0 Å². The summed E-state index contributed by atoms with van der Waals surface area (Å²) in [6.45, 7) is 4.38. The lowest BCUT2D eigenvalue weighted by atomic mass is 9.86. The maximum atomic E-state index is 12.2. The molecule has 1 amide bonds. The van der Waals surface area contributed by atoms with Crippen LogP contribution in [0.5, 0.6) is 0 Å². The van der Waals surface area contributed by atoms with E-state index in [-0.39, 0.29) is 0 Å². The average Bonchev–Trinajstić information content (AvgIpc) is 3.02. The first-order valence-corrected chi connectivity index (χ1v) is 8.22. The summed E-state index contributed by atoms with van der Waals surface area (Å²) in [6.07, 6.45) is 8.81. The molecular weight excluding hydrogens is 236 g/mol. The summed E-state index contributed by atoms with van der Waals surface area (Å²) < 4.78 is 0. The molecule has 2 saturated carbocycles. The predicted octanol–water partition coefficient (Wildman–Crippen LogP) is 2.32. The molecule has 2 aliphatic carbocycles. The maximum Gasteiger partial charge on any atom is 0.220 e. The van der Waals surface area contributed by atoms with Crippen LogP contribution in [0.1, 0.15) is 51.9 Å². The Morgan fingerprint density at radius 3 is 2.84 bits per heavy atom. The topological polar surface area (TPSA) is 41.1 Å². The molecule has 3 heteroatoms. The fourth-order valence-electron chi connectivity index (χ4n) is 4.60. The summed E-state index contributed by atoms with van der Waals surface area (Å²) in [5.74, 6) is 3.42. The van der Waals surface area contributed by atoms with Crippen LogP contribution >= 0.6 is 0 Å². The molecule has 0 aromatic rings. The van der Waals surface area contributed by atoms with Crippen molar-refractivity contribution in [2.24, 2.45) is 23.7 Å². The van der Waals surface area contributed by atoms with Crippen LogP contribution in [-0.4, -0.2) is 25.0 Å². The molecule has 3 aliphatic rings. The number of rotatable bonds is 4. The number of amides is 1. The van der Waals surface area contributed by atoms with Gasteiger partial charge in [0.1, 0.15) is 0 Å². The van der Waals surface area contributed by atoms with Gasteiger partial charge in [-0.15, -0.1) is 0 Å². The van der Waals surface area contributed by atoms with E-state index in [0.717, 1.165) is 31.3 Å². The van der Waals surface area contributed by atoms with Gasteiger partial charge in [-0.2, -0.15) is 0 Å². The van der Waals surface area contributed by atoms with E-state index >= 15 is 0 Å². The highest BCUT2D eigenvalue weighted by Crippen LogP contribution is 2.49. The predicted molar refractivity (Wildman–Crippen MR) is 76.8 cm³/mol. The van der Waals surface area contributed by atoms with Gasteiger partial charge in [-0.1, -0.05) is 6.42 Å². The van der Waals surface area contributed by atoms with Crippen molar-refractivity contribution in [3.8, 4) is 0 Å². The number of carbonyl (C=O) groups excluding carboxylic acids is 1. The fraction of sp³-hybridized carbons (Fsp3) is 0.938. The first-order valence-electron chi connectivity index (χ1n) is 8.22. The van der Waals surface area contributed by atoms with Gasteiger partial charge < -0.3 is 10.6 Å². The van der Waals surface area contributed by atoms with Crippen LogP contribution in [0.25, 0.3) is 0 Å². The summed E-state index contributed by atoms with van der Waals surface area (Å²) in [4.78, 5) is 12.2. The zero-order valence-corrected chi connectivity index (χ0v) is 12.2. The first-order chi connectivity index (χ1) is 9.22. The number of piperidine rings is 1. The summed E-state index contributed by atoms with van der Waals surface area (Å²) in [5.41, 5.74) is 0. The van der Waals surface area contributed by atoms with Crippen molar-refractivity contribution in [2.75, 3.05) is 13.1 Å². The Hall–Kier alpha value is -0.570. The molecule has 108 valence electrons. The molecule has 0 spiro atoms. The van der Waals surface area contributed by atoms with Crippen molar-refractivity contribution in [3.63, 3.8) is 0 Å². The summed E-state index contributed by atoms with van der Waals surface area (Å²) in [6, 6.07) is 0.332. The first kappa shape index (κ1) is 13.4. The molecule has 0 radical (unpaired) electrons. The highest BCUT2D eigenvalue weighted by atomic mass is 16.1. The van der Waals surface area contributed by atoms with E-state index in [1.54, 1.807) is 0 Å². The minimum Gasteiger partial charge on any atom is -0.353 e. The van der Waals surface area contributed by atoms with E-state index < -0.39 is 0 Å². The Balaban J connectivity index is 1.43. The lowest BCUT2D eigenvalue weighted by Crippen LogP contribution is -2.45. The van der Waals surface area contributed by atoms with E-state index in [4.69, 9.17) is 0 Å². The normalized spacial score (nSPS) is 39.2. The molecule has 5 unspecified atom stereocenters. The van der Waals surface area contributed by atoms with Gasteiger partial charge >= 0.3 is 0 Å². The SMILES string of the molecule is CC(NC(=O)CC1CC2CCC1C2)C1CCCNC1. The number of hydrogen-bond donors (Lipinski definition) is 2. The monoisotopic (exact) mass is 264 g/mol. The highest BCUT2D eigenvalue weighted by Gasteiger charge is 2.40. The Morgan fingerprint density at radius 2 is 2.21 bits per heavy atom. The van der Waals surface area contributed by atoms with E-state index in [0.29, 0.717) is 23.8 Å². The molecule has 19 heavy (non-hydrogen) atoms. The third kappa shape index (κ3) is 3.13. The van der Waals surface area contributed by atoms with E-state index in [9.17, 15) is 4.79 Å². The van der Waals surface area contributed by atoms with Crippen LogP contribution in [0, 0.1) is 23.7 Å². The Morgan fingerprint density at radius 1 is 1.32 bits per heavy atom. The standard InChI is InChI=1S/C16H28N2O/c1-11(14-3-2-6-17-10-14)18-16(19)9-15-8-12-4-5-13(15)7-12/h11-15,17H,2-10H2,1H3,(H,18,19). The lowest BCUT2D eigenvalue weighted by Gasteiger charge is -2.29. The van der Waals surface area contributed by atoms with Gasteiger partial charge in [-0.25, -0.2) is 0 Å². The van der Waals surface area contributed by atoms with E-state index in [1.807, 2.05) is 0 Å². The molecule has 1 heterocycles. The second-order valence-electron chi connectivity index (χ2n) is 7.10. The van der Waals surface area contributed by atoms with Crippen LogP contribution in [0.4, 0.5) is 0 Å². The van der Waals surface area contributed by atoms with Gasteiger partial charge in [-0.05, 0) is 75.8 Å². The van der Waals surface area contributed by atoms with Crippen molar-refractivity contribution < 1.29 is 4.79 Å². The maximum absolute atomic E-state index is 12.2. The number of carbonyl (C=O) groups is 1. The number of fused-ring (bicyclic) bond motifs is 2. The number of hydrogen-bond acceptors (Lipinski definition) is 2. The molecule has 3 fully saturated rings. The van der Waals surface area contributed by atoms with Crippen LogP contribution in [0.15, 0.2) is 0 Å². The highest BCUT2D eigenvalue weighted by molar-refractivity contribution is 5.76. The number of nitrogens with one attached hydrogen (secondary N) is 2. The molecule has 3 nitrogen and oxygen atoms in total. The van der Waals surface area contributed by atoms with Crippen molar-refractivity contribution in [2.45, 2.75) is 57.9 Å². The molecular formula is C16H28N2O. The van der Waals surface area contributed by atoms with Crippen molar-refractivity contribution in [1.82, 2.24) is 10.6 Å².